The molecule has 38 heavy (non-hydrogen) atoms. The van der Waals surface area contributed by atoms with Crippen LogP contribution in [0.2, 0.25) is 0 Å². The highest BCUT2D eigenvalue weighted by atomic mass is 32.2. The fourth-order valence-electron chi connectivity index (χ4n) is 4.30. The van der Waals surface area contributed by atoms with Gasteiger partial charge in [-0.05, 0) is 62.6 Å². The van der Waals surface area contributed by atoms with Crippen LogP contribution in [0.1, 0.15) is 38.7 Å². The molecule has 1 saturated heterocycles. The number of piperidine rings is 1. The second-order valence-corrected chi connectivity index (χ2v) is 10.2. The maximum Gasteiger partial charge on any atom is 0.418 e. The number of carboxylic acids is 1. The van der Waals surface area contributed by atoms with Crippen molar-refractivity contribution in [3.05, 3.63) is 60.2 Å². The molecule has 1 aromatic carbocycles. The number of anilines is 2. The van der Waals surface area contributed by atoms with Gasteiger partial charge in [0.15, 0.2) is 0 Å². The quantitative estimate of drug-likeness (QED) is 0.285. The summed E-state index contributed by atoms with van der Waals surface area (Å²) in [4.78, 5) is 22.6. The Labute approximate surface area is 223 Å². The molecule has 0 aliphatic carbocycles. The highest BCUT2D eigenvalue weighted by molar-refractivity contribution is 8.00. The molecule has 0 spiro atoms. The fourth-order valence-corrected chi connectivity index (χ4v) is 4.91. The Kier molecular flexibility index (Phi) is 8.35. The summed E-state index contributed by atoms with van der Waals surface area (Å²) in [6.07, 6.45) is -2.54. The third-order valence-corrected chi connectivity index (χ3v) is 7.06. The van der Waals surface area contributed by atoms with E-state index in [-0.39, 0.29) is 17.1 Å². The predicted molar refractivity (Wildman–Crippen MR) is 141 cm³/mol. The molecule has 0 saturated carbocycles. The van der Waals surface area contributed by atoms with Gasteiger partial charge in [-0.15, -0.1) is 0 Å². The van der Waals surface area contributed by atoms with Crippen LogP contribution in [0.25, 0.3) is 11.3 Å². The lowest BCUT2D eigenvalue weighted by Crippen LogP contribution is -2.46. The summed E-state index contributed by atoms with van der Waals surface area (Å²) in [5.41, 5.74) is -1.67. The van der Waals surface area contributed by atoms with E-state index >= 15 is 0 Å². The van der Waals surface area contributed by atoms with Crippen molar-refractivity contribution in [3.8, 4) is 17.0 Å². The van der Waals surface area contributed by atoms with Crippen LogP contribution in [0.5, 0.6) is 5.75 Å². The minimum absolute atomic E-state index is 0.224. The second kappa shape index (κ2) is 11.5. The van der Waals surface area contributed by atoms with Crippen molar-refractivity contribution < 1.29 is 27.8 Å². The van der Waals surface area contributed by atoms with Crippen LogP contribution >= 0.6 is 11.9 Å². The minimum atomic E-state index is -4.60. The number of aromatic nitrogens is 2. The zero-order valence-electron chi connectivity index (χ0n) is 21.1. The first kappa shape index (κ1) is 27.6. The number of pyridine rings is 2. The Hall–Kier alpha value is -3.47. The van der Waals surface area contributed by atoms with Crippen molar-refractivity contribution in [3.63, 3.8) is 0 Å². The van der Waals surface area contributed by atoms with Crippen LogP contribution in [-0.2, 0) is 11.0 Å². The smallest absolute Gasteiger partial charge is 0.418 e. The van der Waals surface area contributed by atoms with Gasteiger partial charge >= 0.3 is 12.1 Å². The lowest BCUT2D eigenvalue weighted by molar-refractivity contribution is -0.148. The molecular formula is C27H29F3N4O3S. The Bertz CT molecular complexity index is 1290. The van der Waals surface area contributed by atoms with Crippen LogP contribution in [0.3, 0.4) is 0 Å². The molecule has 1 fully saturated rings. The van der Waals surface area contributed by atoms with Gasteiger partial charge in [-0.3, -0.25) is 4.79 Å². The van der Waals surface area contributed by atoms with Crippen LogP contribution < -0.4 is 14.4 Å². The maximum atomic E-state index is 13.9. The molecule has 2 aromatic heterocycles. The number of alkyl halides is 3. The summed E-state index contributed by atoms with van der Waals surface area (Å²) in [5, 5.41) is 10.2. The molecule has 1 aliphatic heterocycles. The number of nitrogens with one attached hydrogen (secondary N) is 1. The Morgan fingerprint density at radius 2 is 1.95 bits per heavy atom. The topological polar surface area (TPSA) is 87.6 Å². The van der Waals surface area contributed by atoms with E-state index in [4.69, 9.17) is 4.74 Å². The van der Waals surface area contributed by atoms with Gasteiger partial charge in [-0.1, -0.05) is 25.1 Å². The van der Waals surface area contributed by atoms with Crippen LogP contribution in [0.15, 0.2) is 59.6 Å². The molecule has 2 N–H and O–H groups in total. The number of halogens is 3. The van der Waals surface area contributed by atoms with Crippen molar-refractivity contribution >= 4 is 29.6 Å². The van der Waals surface area contributed by atoms with E-state index in [0.717, 1.165) is 24.4 Å². The van der Waals surface area contributed by atoms with Crippen molar-refractivity contribution in [2.75, 3.05) is 29.3 Å². The van der Waals surface area contributed by atoms with Crippen LogP contribution in [0.4, 0.5) is 24.8 Å². The molecule has 0 radical (unpaired) electrons. The van der Waals surface area contributed by atoms with Gasteiger partial charge in [0.25, 0.3) is 0 Å². The van der Waals surface area contributed by atoms with Gasteiger partial charge in [0.1, 0.15) is 22.4 Å². The zero-order chi connectivity index (χ0) is 27.3. The van der Waals surface area contributed by atoms with Gasteiger partial charge in [0.05, 0.1) is 23.3 Å². The lowest BCUT2D eigenvalue weighted by Gasteiger charge is -2.38. The molecule has 0 unspecified atom stereocenters. The first-order valence-corrected chi connectivity index (χ1v) is 13.1. The molecule has 202 valence electrons. The summed E-state index contributed by atoms with van der Waals surface area (Å²) in [5.74, 6) is 0.376. The van der Waals surface area contributed by atoms with Gasteiger partial charge in [0, 0.05) is 30.6 Å². The summed E-state index contributed by atoms with van der Waals surface area (Å²) >= 11 is 1.11. The Morgan fingerprint density at radius 3 is 2.68 bits per heavy atom. The van der Waals surface area contributed by atoms with Crippen molar-refractivity contribution in [2.45, 2.75) is 44.3 Å². The molecule has 3 heterocycles. The normalized spacial score (nSPS) is 17.8. The summed E-state index contributed by atoms with van der Waals surface area (Å²) in [7, 11) is 0. The second-order valence-electron chi connectivity index (χ2n) is 9.36. The Morgan fingerprint density at radius 1 is 1.16 bits per heavy atom. The van der Waals surface area contributed by atoms with Crippen molar-refractivity contribution in [1.82, 2.24) is 9.97 Å². The number of nitrogens with zero attached hydrogens (tertiary/aromatic N) is 3. The molecule has 7 nitrogen and oxygen atoms in total. The largest absolute Gasteiger partial charge is 0.493 e. The van der Waals surface area contributed by atoms with E-state index in [1.54, 1.807) is 37.3 Å². The van der Waals surface area contributed by atoms with Gasteiger partial charge in [-0.25, -0.2) is 9.97 Å². The lowest BCUT2D eigenvalue weighted by atomic mass is 9.82. The third-order valence-electron chi connectivity index (χ3n) is 6.31. The van der Waals surface area contributed by atoms with E-state index in [0.29, 0.717) is 49.1 Å². The SMILES string of the molecule is CCCOc1ccccc1-c1nc(NSc2cccc(N3CCC[C@@](C)(C(=O)O)C3)n2)ccc1C(F)(F)F. The number of rotatable bonds is 9. The number of benzene rings is 1. The first-order valence-electron chi connectivity index (χ1n) is 12.3. The third kappa shape index (κ3) is 6.32. The molecule has 11 heteroatoms. The number of carboxylic acid groups (broad SMARTS) is 1. The Balaban J connectivity index is 1.57. The number of ether oxygens (including phenoxy) is 1. The number of hydrogen-bond acceptors (Lipinski definition) is 7. The maximum absolute atomic E-state index is 13.9. The summed E-state index contributed by atoms with van der Waals surface area (Å²) < 4.78 is 50.3. The number of para-hydroxylation sites is 1. The first-order chi connectivity index (χ1) is 18.1. The van der Waals surface area contributed by atoms with E-state index in [1.807, 2.05) is 24.0 Å². The molecule has 4 rings (SSSR count). The average molecular weight is 547 g/mol. The molecular weight excluding hydrogens is 517 g/mol. The molecule has 3 aromatic rings. The monoisotopic (exact) mass is 546 g/mol. The highest BCUT2D eigenvalue weighted by Gasteiger charge is 2.38. The van der Waals surface area contributed by atoms with E-state index in [2.05, 4.69) is 14.7 Å². The standard InChI is InChI=1S/C27H29F3N4O3S/c1-3-16-37-20-9-5-4-8-18(20)24-19(27(28,29)30)12-13-21(31-24)33-38-23-11-6-10-22(32-23)34-15-7-14-26(2,17-34)25(35)36/h4-6,8-13H,3,7,14-17H2,1-2H3,(H,31,33)(H,35,36)/t26-/m1/s1. The van der Waals surface area contributed by atoms with E-state index < -0.39 is 23.1 Å². The zero-order valence-corrected chi connectivity index (χ0v) is 21.9. The van der Waals surface area contributed by atoms with Crippen LogP contribution in [-0.4, -0.2) is 40.7 Å². The van der Waals surface area contributed by atoms with Crippen molar-refractivity contribution in [1.29, 1.82) is 0 Å². The minimum Gasteiger partial charge on any atom is -0.493 e. The van der Waals surface area contributed by atoms with E-state index in [9.17, 15) is 23.1 Å². The summed E-state index contributed by atoms with van der Waals surface area (Å²) in [6, 6.07) is 14.2. The molecule has 1 atom stereocenters. The fraction of sp³-hybridized carbons (Fsp3) is 0.370. The van der Waals surface area contributed by atoms with Gasteiger partial charge < -0.3 is 19.5 Å². The molecule has 0 amide bonds. The van der Waals surface area contributed by atoms with Gasteiger partial charge in [-0.2, -0.15) is 13.2 Å². The van der Waals surface area contributed by atoms with Gasteiger partial charge in [0.2, 0.25) is 0 Å². The summed E-state index contributed by atoms with van der Waals surface area (Å²) in [6.45, 7) is 5.07. The predicted octanol–water partition coefficient (Wildman–Crippen LogP) is 6.76. The average Bonchev–Trinajstić information content (AvgIpc) is 2.90. The molecule has 1 aliphatic rings. The number of aliphatic carboxylic acids is 1. The van der Waals surface area contributed by atoms with E-state index in [1.165, 1.54) is 6.07 Å². The highest BCUT2D eigenvalue weighted by Crippen LogP contribution is 2.40. The number of carbonyl (C=O) groups is 1. The number of hydrogen-bond donors (Lipinski definition) is 2. The van der Waals surface area contributed by atoms with Crippen LogP contribution in [0, 0.1) is 5.41 Å². The molecule has 0 bridgehead atoms. The van der Waals surface area contributed by atoms with Crippen molar-refractivity contribution in [2.24, 2.45) is 5.41 Å².